The highest BCUT2D eigenvalue weighted by Crippen LogP contribution is 2.41. The molecule has 1 aliphatic rings. The molecule has 0 spiro atoms. The first-order valence-electron chi connectivity index (χ1n) is 8.73. The van der Waals surface area contributed by atoms with Crippen LogP contribution in [-0.4, -0.2) is 37.5 Å². The quantitative estimate of drug-likeness (QED) is 0.485. The Morgan fingerprint density at radius 2 is 1.86 bits per heavy atom. The summed E-state index contributed by atoms with van der Waals surface area (Å²) in [7, 11) is 1.59. The monoisotopic (exact) mass is 391 g/mol. The molecule has 0 saturated heterocycles. The average Bonchev–Trinajstić information content (AvgIpc) is 3.22. The van der Waals surface area contributed by atoms with Gasteiger partial charge in [0.2, 0.25) is 5.95 Å². The number of fused-ring (bicyclic) bond motifs is 2. The van der Waals surface area contributed by atoms with Gasteiger partial charge in [0.25, 0.3) is 5.56 Å². The zero-order chi connectivity index (χ0) is 20.0. The zero-order valence-electron chi connectivity index (χ0n) is 15.1. The van der Waals surface area contributed by atoms with Gasteiger partial charge in [-0.2, -0.15) is 9.78 Å². The van der Waals surface area contributed by atoms with Gasteiger partial charge in [-0.3, -0.25) is 4.79 Å². The fourth-order valence-electron chi connectivity index (χ4n) is 3.46. The lowest BCUT2D eigenvalue weighted by atomic mass is 9.92. The number of methoxy groups -OCH3 is 1. The molecule has 5 rings (SSSR count). The molecule has 1 aliphatic heterocycles. The molecular weight excluding hydrogens is 377 g/mol. The average molecular weight is 391 g/mol. The van der Waals surface area contributed by atoms with Crippen molar-refractivity contribution in [1.29, 1.82) is 0 Å². The number of ether oxygens (including phenoxy) is 1. The van der Waals surface area contributed by atoms with Crippen molar-refractivity contribution in [2.75, 3.05) is 12.4 Å². The summed E-state index contributed by atoms with van der Waals surface area (Å²) >= 11 is 0. The normalized spacial score (nSPS) is 14.6. The lowest BCUT2D eigenvalue weighted by Crippen LogP contribution is -2.29. The standard InChI is InChI=1S/C19H14FN7O2/c1-29-13-8-4-10(5-9-13)15-14-16(18(28)23-22-15)21-19-24-25-26-27(19)17(14)11-2-6-12(20)7-3-11/h2-9,17H,1H3,(H,23,28)(H,21,24,26). The fraction of sp³-hybridized carbons (Fsp3) is 0.105. The molecule has 29 heavy (non-hydrogen) atoms. The lowest BCUT2D eigenvalue weighted by molar-refractivity contribution is 0.415. The maximum Gasteiger partial charge on any atom is 0.288 e. The van der Waals surface area contributed by atoms with Gasteiger partial charge in [-0.15, -0.1) is 0 Å². The minimum atomic E-state index is -0.566. The van der Waals surface area contributed by atoms with E-state index in [0.717, 1.165) is 5.56 Å². The number of halogens is 1. The number of rotatable bonds is 3. The molecule has 2 aromatic carbocycles. The van der Waals surface area contributed by atoms with Gasteiger partial charge in [-0.05, 0) is 52.4 Å². The highest BCUT2D eigenvalue weighted by molar-refractivity contribution is 5.75. The Bertz CT molecular complexity index is 1250. The van der Waals surface area contributed by atoms with Crippen LogP contribution in [0.15, 0.2) is 53.3 Å². The first kappa shape index (κ1) is 17.0. The van der Waals surface area contributed by atoms with Crippen LogP contribution in [0.4, 0.5) is 16.0 Å². The van der Waals surface area contributed by atoms with Crippen LogP contribution < -0.4 is 15.6 Å². The highest BCUT2D eigenvalue weighted by Gasteiger charge is 2.34. The summed E-state index contributed by atoms with van der Waals surface area (Å²) < 4.78 is 20.3. The summed E-state index contributed by atoms with van der Waals surface area (Å²) in [5.74, 6) is 0.645. The molecule has 3 heterocycles. The van der Waals surface area contributed by atoms with E-state index >= 15 is 0 Å². The fourth-order valence-corrected chi connectivity index (χ4v) is 3.46. The van der Waals surface area contributed by atoms with Crippen molar-refractivity contribution in [3.8, 4) is 17.0 Å². The van der Waals surface area contributed by atoms with E-state index in [1.54, 1.807) is 36.1 Å². The van der Waals surface area contributed by atoms with Crippen LogP contribution in [0.25, 0.3) is 11.3 Å². The molecule has 0 bridgehead atoms. The lowest BCUT2D eigenvalue weighted by Gasteiger charge is -2.27. The number of H-pyrrole nitrogens is 1. The summed E-state index contributed by atoms with van der Waals surface area (Å²) in [4.78, 5) is 12.6. The number of aromatic amines is 1. The van der Waals surface area contributed by atoms with E-state index < -0.39 is 11.6 Å². The largest absolute Gasteiger partial charge is 0.497 e. The molecule has 0 radical (unpaired) electrons. The number of tetrazole rings is 1. The molecule has 9 nitrogen and oxygen atoms in total. The molecule has 1 unspecified atom stereocenters. The van der Waals surface area contributed by atoms with Crippen molar-refractivity contribution in [2.45, 2.75) is 6.04 Å². The van der Waals surface area contributed by atoms with Crippen molar-refractivity contribution < 1.29 is 9.13 Å². The smallest absolute Gasteiger partial charge is 0.288 e. The molecule has 2 N–H and O–H groups in total. The van der Waals surface area contributed by atoms with Crippen molar-refractivity contribution >= 4 is 11.6 Å². The predicted octanol–water partition coefficient (Wildman–Crippen LogP) is 2.27. The second-order valence-electron chi connectivity index (χ2n) is 6.44. The van der Waals surface area contributed by atoms with E-state index in [2.05, 4.69) is 31.0 Å². The SMILES string of the molecule is COc1ccc(-c2n[nH]c(=O)c3c2C(c2ccc(F)cc2)n2nnnc2N3)cc1. The Morgan fingerprint density at radius 3 is 2.59 bits per heavy atom. The third kappa shape index (κ3) is 2.73. The maximum atomic E-state index is 13.5. The van der Waals surface area contributed by atoms with E-state index in [-0.39, 0.29) is 5.82 Å². The number of benzene rings is 2. The minimum Gasteiger partial charge on any atom is -0.497 e. The van der Waals surface area contributed by atoms with Gasteiger partial charge in [-0.1, -0.05) is 17.2 Å². The van der Waals surface area contributed by atoms with Gasteiger partial charge in [0, 0.05) is 11.1 Å². The number of hydrogen-bond acceptors (Lipinski definition) is 7. The first-order valence-corrected chi connectivity index (χ1v) is 8.73. The third-order valence-electron chi connectivity index (χ3n) is 4.82. The molecule has 144 valence electrons. The Balaban J connectivity index is 1.78. The Morgan fingerprint density at radius 1 is 1.10 bits per heavy atom. The van der Waals surface area contributed by atoms with E-state index in [9.17, 15) is 9.18 Å². The van der Waals surface area contributed by atoms with Crippen molar-refractivity contribution in [3.05, 3.63) is 75.8 Å². The number of aromatic nitrogens is 6. The Hall–Kier alpha value is -4.08. The highest BCUT2D eigenvalue weighted by atomic mass is 19.1. The summed E-state index contributed by atoms with van der Waals surface area (Å²) in [5, 5.41) is 21.5. The maximum absolute atomic E-state index is 13.5. The molecule has 10 heteroatoms. The van der Waals surface area contributed by atoms with Crippen LogP contribution in [0.2, 0.25) is 0 Å². The third-order valence-corrected chi connectivity index (χ3v) is 4.82. The topological polar surface area (TPSA) is 111 Å². The van der Waals surface area contributed by atoms with Gasteiger partial charge >= 0.3 is 0 Å². The van der Waals surface area contributed by atoms with Gasteiger partial charge in [0.15, 0.2) is 0 Å². The molecule has 0 saturated carbocycles. The summed E-state index contributed by atoms with van der Waals surface area (Å²) in [6.07, 6.45) is 0. The molecule has 0 fully saturated rings. The van der Waals surface area contributed by atoms with Crippen LogP contribution in [0.1, 0.15) is 17.2 Å². The minimum absolute atomic E-state index is 0.294. The molecule has 2 aromatic heterocycles. The van der Waals surface area contributed by atoms with E-state index in [0.29, 0.717) is 34.2 Å². The second-order valence-corrected chi connectivity index (χ2v) is 6.44. The van der Waals surface area contributed by atoms with Gasteiger partial charge in [0.05, 0.1) is 12.8 Å². The summed E-state index contributed by atoms with van der Waals surface area (Å²) in [6.45, 7) is 0. The van der Waals surface area contributed by atoms with Crippen molar-refractivity contribution in [2.24, 2.45) is 0 Å². The molecular formula is C19H14FN7O2. The number of nitrogens with zero attached hydrogens (tertiary/aromatic N) is 5. The van der Waals surface area contributed by atoms with Crippen LogP contribution in [0, 0.1) is 5.82 Å². The second kappa shape index (κ2) is 6.51. The molecule has 4 aromatic rings. The van der Waals surface area contributed by atoms with E-state index in [1.165, 1.54) is 12.1 Å². The summed E-state index contributed by atoms with van der Waals surface area (Å²) in [6, 6.07) is 12.7. The number of nitrogens with one attached hydrogen (secondary N) is 2. The van der Waals surface area contributed by atoms with Crippen LogP contribution >= 0.6 is 0 Å². The Labute approximate surface area is 163 Å². The predicted molar refractivity (Wildman–Crippen MR) is 102 cm³/mol. The Kier molecular flexibility index (Phi) is 3.83. The molecule has 0 aliphatic carbocycles. The van der Waals surface area contributed by atoms with Crippen LogP contribution in [-0.2, 0) is 0 Å². The van der Waals surface area contributed by atoms with Gasteiger partial charge in [0.1, 0.15) is 23.3 Å². The zero-order valence-corrected chi connectivity index (χ0v) is 15.1. The van der Waals surface area contributed by atoms with E-state index in [4.69, 9.17) is 4.74 Å². The van der Waals surface area contributed by atoms with Crippen LogP contribution in [0.3, 0.4) is 0 Å². The molecule has 0 amide bonds. The van der Waals surface area contributed by atoms with Crippen LogP contribution in [0.5, 0.6) is 5.75 Å². The number of anilines is 2. The van der Waals surface area contributed by atoms with Crippen molar-refractivity contribution in [1.82, 2.24) is 30.4 Å². The van der Waals surface area contributed by atoms with Crippen molar-refractivity contribution in [3.63, 3.8) is 0 Å². The van der Waals surface area contributed by atoms with Gasteiger partial charge < -0.3 is 10.1 Å². The summed E-state index contributed by atoms with van der Waals surface area (Å²) in [5.41, 5.74) is 2.50. The first-order chi connectivity index (χ1) is 14.2. The number of hydrogen-bond donors (Lipinski definition) is 2. The van der Waals surface area contributed by atoms with Gasteiger partial charge in [-0.25, -0.2) is 9.49 Å². The van der Waals surface area contributed by atoms with E-state index in [1.807, 2.05) is 12.1 Å². The molecule has 1 atom stereocenters.